The van der Waals surface area contributed by atoms with Crippen LogP contribution < -0.4 is 17.2 Å². The van der Waals surface area contributed by atoms with E-state index in [-0.39, 0.29) is 12.3 Å². The molecule has 5 heteroatoms. The van der Waals surface area contributed by atoms with Gasteiger partial charge in [-0.25, -0.2) is 0 Å². The third-order valence-electron chi connectivity index (χ3n) is 2.87. The molecule has 6 N–H and O–H groups in total. The zero-order valence-electron chi connectivity index (χ0n) is 12.5. The molecular weight excluding hydrogens is 268 g/mol. The summed E-state index contributed by atoms with van der Waals surface area (Å²) in [5, 5.41) is 2.14. The fourth-order valence-electron chi connectivity index (χ4n) is 1.85. The summed E-state index contributed by atoms with van der Waals surface area (Å²) in [7, 11) is 4.24. The first-order valence-corrected chi connectivity index (χ1v) is 7.11. The molecule has 0 aliphatic heterocycles. The van der Waals surface area contributed by atoms with E-state index in [2.05, 4.69) is 71.7 Å². The summed E-state index contributed by atoms with van der Waals surface area (Å²) in [5.74, 6) is 0. The van der Waals surface area contributed by atoms with Crippen molar-refractivity contribution in [2.24, 2.45) is 0 Å². The molecule has 0 radical (unpaired) electrons. The summed E-state index contributed by atoms with van der Waals surface area (Å²) >= 11 is 1.82. The summed E-state index contributed by atoms with van der Waals surface area (Å²) in [6.45, 7) is 3.12. The highest BCUT2D eigenvalue weighted by atomic mass is 32.1. The number of nitrogens with zero attached hydrogens (tertiary/aromatic N) is 2. The highest BCUT2D eigenvalue weighted by molar-refractivity contribution is 7.09. The first kappa shape index (κ1) is 18.6. The summed E-state index contributed by atoms with van der Waals surface area (Å²) in [6.07, 6.45) is 0. The van der Waals surface area contributed by atoms with Gasteiger partial charge in [0.05, 0.1) is 6.54 Å². The Bertz CT molecular complexity index is 442. The lowest BCUT2D eigenvalue weighted by atomic mass is 10.2. The maximum absolute atomic E-state index is 2.44. The van der Waals surface area contributed by atoms with E-state index in [9.17, 15) is 0 Å². The number of para-hydroxylation sites is 1. The second kappa shape index (κ2) is 9.50. The van der Waals surface area contributed by atoms with Crippen molar-refractivity contribution in [1.82, 2.24) is 17.2 Å². The van der Waals surface area contributed by atoms with Gasteiger partial charge < -0.3 is 22.1 Å². The van der Waals surface area contributed by atoms with Crippen LogP contribution in [0.4, 0.5) is 5.69 Å². The summed E-state index contributed by atoms with van der Waals surface area (Å²) < 4.78 is 0. The molecule has 20 heavy (non-hydrogen) atoms. The van der Waals surface area contributed by atoms with Crippen LogP contribution in [0.3, 0.4) is 0 Å². The van der Waals surface area contributed by atoms with Crippen LogP contribution in [0, 0.1) is 0 Å². The summed E-state index contributed by atoms with van der Waals surface area (Å²) in [4.78, 5) is 6.08. The number of hydrogen-bond acceptors (Lipinski definition) is 5. The van der Waals surface area contributed by atoms with E-state index in [1.165, 1.54) is 10.6 Å². The Morgan fingerprint density at radius 1 is 0.900 bits per heavy atom. The number of anilines is 1. The van der Waals surface area contributed by atoms with Gasteiger partial charge in [-0.2, -0.15) is 0 Å². The van der Waals surface area contributed by atoms with Crippen molar-refractivity contribution in [2.75, 3.05) is 32.1 Å². The largest absolute Gasteiger partial charge is 0.365 e. The second-order valence-electron chi connectivity index (χ2n) is 4.64. The molecule has 0 fully saturated rings. The van der Waals surface area contributed by atoms with E-state index < -0.39 is 0 Å². The monoisotopic (exact) mass is 294 g/mol. The molecule has 0 unspecified atom stereocenters. The fourth-order valence-corrected chi connectivity index (χ4v) is 2.57. The molecule has 4 nitrogen and oxygen atoms in total. The van der Waals surface area contributed by atoms with Crippen molar-refractivity contribution in [1.29, 1.82) is 0 Å². The number of likely N-dealkylation sites (N-methyl/N-ethyl adjacent to an activating group) is 1. The molecule has 0 bridgehead atoms. The highest BCUT2D eigenvalue weighted by Crippen LogP contribution is 2.19. The van der Waals surface area contributed by atoms with Gasteiger partial charge in [0.25, 0.3) is 0 Å². The number of rotatable bonds is 6. The van der Waals surface area contributed by atoms with Gasteiger partial charge in [0, 0.05) is 23.7 Å². The molecule has 1 aromatic heterocycles. The SMILES string of the molecule is CN(C)CCN(Cc1cccs1)c1ccccc1.N.N. The standard InChI is InChI=1S/C15H20N2S.2H3N/c1-16(2)10-11-17(13-15-9-6-12-18-15)14-7-4-3-5-8-14;;/h3-9,12H,10-11,13H2,1-2H3;2*1H3. The van der Waals surface area contributed by atoms with Crippen molar-refractivity contribution in [2.45, 2.75) is 6.54 Å². The van der Waals surface area contributed by atoms with Crippen molar-refractivity contribution in [3.05, 3.63) is 52.7 Å². The zero-order chi connectivity index (χ0) is 12.8. The summed E-state index contributed by atoms with van der Waals surface area (Å²) in [6, 6.07) is 15.0. The van der Waals surface area contributed by atoms with Gasteiger partial charge >= 0.3 is 0 Å². The molecule has 1 aromatic carbocycles. The van der Waals surface area contributed by atoms with Gasteiger partial charge in [-0.15, -0.1) is 11.3 Å². The van der Waals surface area contributed by atoms with Gasteiger partial charge in [0.1, 0.15) is 0 Å². The Hall–Kier alpha value is -1.40. The maximum atomic E-state index is 2.44. The van der Waals surface area contributed by atoms with Crippen LogP contribution in [0.2, 0.25) is 0 Å². The lowest BCUT2D eigenvalue weighted by Crippen LogP contribution is -2.31. The molecule has 112 valence electrons. The van der Waals surface area contributed by atoms with Crippen molar-refractivity contribution in [3.8, 4) is 0 Å². The Morgan fingerprint density at radius 3 is 2.15 bits per heavy atom. The highest BCUT2D eigenvalue weighted by Gasteiger charge is 2.07. The minimum atomic E-state index is 0. The maximum Gasteiger partial charge on any atom is 0.0523 e. The molecule has 2 aromatic rings. The Balaban J connectivity index is 0.00000180. The van der Waals surface area contributed by atoms with Crippen LogP contribution in [0.25, 0.3) is 0 Å². The normalized spacial score (nSPS) is 9.75. The number of thiophene rings is 1. The molecule has 0 saturated heterocycles. The number of benzene rings is 1. The van der Waals surface area contributed by atoms with Crippen LogP contribution in [0.5, 0.6) is 0 Å². The third-order valence-corrected chi connectivity index (χ3v) is 3.73. The minimum absolute atomic E-state index is 0. The molecule has 0 saturated carbocycles. The van der Waals surface area contributed by atoms with Crippen molar-refractivity contribution >= 4 is 17.0 Å². The van der Waals surface area contributed by atoms with Crippen molar-refractivity contribution < 1.29 is 0 Å². The first-order valence-electron chi connectivity index (χ1n) is 6.23. The van der Waals surface area contributed by atoms with E-state index in [0.29, 0.717) is 0 Å². The van der Waals surface area contributed by atoms with E-state index in [0.717, 1.165) is 19.6 Å². The Labute approximate surface area is 126 Å². The van der Waals surface area contributed by atoms with Crippen LogP contribution in [0.15, 0.2) is 47.8 Å². The summed E-state index contributed by atoms with van der Waals surface area (Å²) in [5.41, 5.74) is 1.30. The van der Waals surface area contributed by atoms with Gasteiger partial charge in [0.15, 0.2) is 0 Å². The Morgan fingerprint density at radius 2 is 1.60 bits per heavy atom. The van der Waals surface area contributed by atoms with Gasteiger partial charge in [-0.1, -0.05) is 24.3 Å². The molecule has 1 heterocycles. The van der Waals surface area contributed by atoms with E-state index in [1.54, 1.807) is 0 Å². The van der Waals surface area contributed by atoms with Crippen LogP contribution >= 0.6 is 11.3 Å². The average molecular weight is 294 g/mol. The molecule has 0 spiro atoms. The lowest BCUT2D eigenvalue weighted by molar-refractivity contribution is 0.413. The van der Waals surface area contributed by atoms with Crippen LogP contribution in [-0.4, -0.2) is 32.1 Å². The molecule has 0 aliphatic rings. The number of hydrogen-bond donors (Lipinski definition) is 2. The lowest BCUT2D eigenvalue weighted by Gasteiger charge is -2.26. The fraction of sp³-hybridized carbons (Fsp3) is 0.333. The van der Waals surface area contributed by atoms with Gasteiger partial charge in [-0.05, 0) is 37.7 Å². The van der Waals surface area contributed by atoms with E-state index in [4.69, 9.17) is 0 Å². The topological polar surface area (TPSA) is 76.5 Å². The predicted molar refractivity (Wildman–Crippen MR) is 90.4 cm³/mol. The molecular formula is C15H26N4S. The zero-order valence-corrected chi connectivity index (χ0v) is 13.3. The van der Waals surface area contributed by atoms with E-state index in [1.807, 2.05) is 11.3 Å². The van der Waals surface area contributed by atoms with Crippen LogP contribution in [-0.2, 0) is 6.54 Å². The van der Waals surface area contributed by atoms with Crippen molar-refractivity contribution in [3.63, 3.8) is 0 Å². The second-order valence-corrected chi connectivity index (χ2v) is 5.67. The average Bonchev–Trinajstić information content (AvgIpc) is 2.88. The molecule has 0 amide bonds. The minimum Gasteiger partial charge on any atom is -0.365 e. The van der Waals surface area contributed by atoms with E-state index >= 15 is 0 Å². The van der Waals surface area contributed by atoms with Gasteiger partial charge in [0.2, 0.25) is 0 Å². The molecule has 0 atom stereocenters. The quantitative estimate of drug-likeness (QED) is 0.852. The third kappa shape index (κ3) is 5.71. The molecule has 2 rings (SSSR count). The predicted octanol–water partition coefficient (Wildman–Crippen LogP) is 3.64. The first-order chi connectivity index (χ1) is 8.75. The van der Waals surface area contributed by atoms with Gasteiger partial charge in [-0.3, -0.25) is 0 Å². The Kier molecular flexibility index (Phi) is 8.83. The smallest absolute Gasteiger partial charge is 0.0523 e. The molecule has 0 aliphatic carbocycles. The van der Waals surface area contributed by atoms with Crippen LogP contribution in [0.1, 0.15) is 4.88 Å².